The van der Waals surface area contributed by atoms with E-state index in [-0.39, 0.29) is 0 Å². The third-order valence-electron chi connectivity index (χ3n) is 1.61. The maximum Gasteiger partial charge on any atom is 0.0702 e. The van der Waals surface area contributed by atoms with Crippen molar-refractivity contribution >= 4 is 25.4 Å². The van der Waals surface area contributed by atoms with Crippen molar-refractivity contribution in [3.05, 3.63) is 36.5 Å². The van der Waals surface area contributed by atoms with Crippen LogP contribution < -0.4 is 5.30 Å². The monoisotopic (exact) mass is 161 g/mol. The number of fused-ring (bicyclic) bond motifs is 1. The molecule has 1 heterocycles. The van der Waals surface area contributed by atoms with Crippen LogP contribution in [0.1, 0.15) is 0 Å². The number of hydrogen-bond donors (Lipinski definition) is 0. The molecule has 0 fully saturated rings. The lowest BCUT2D eigenvalue weighted by Crippen LogP contribution is -1.90. The molecule has 0 radical (unpaired) electrons. The van der Waals surface area contributed by atoms with Crippen LogP contribution in [0.2, 0.25) is 0 Å². The highest BCUT2D eigenvalue weighted by Crippen LogP contribution is 2.08. The van der Waals surface area contributed by atoms with Crippen LogP contribution >= 0.6 is 9.24 Å². The molecule has 2 aromatic rings. The highest BCUT2D eigenvalue weighted by atomic mass is 31.0. The van der Waals surface area contributed by atoms with Gasteiger partial charge in [0.25, 0.3) is 0 Å². The van der Waals surface area contributed by atoms with Crippen LogP contribution in [0.5, 0.6) is 0 Å². The lowest BCUT2D eigenvalue weighted by atomic mass is 10.2. The summed E-state index contributed by atoms with van der Waals surface area (Å²) in [6.45, 7) is 0. The van der Waals surface area contributed by atoms with Crippen molar-refractivity contribution in [3.63, 3.8) is 0 Å². The Kier molecular flexibility index (Phi) is 1.59. The molecule has 0 saturated heterocycles. The van der Waals surface area contributed by atoms with Crippen molar-refractivity contribution < 1.29 is 0 Å². The highest BCUT2D eigenvalue weighted by molar-refractivity contribution is 7.27. The zero-order valence-electron chi connectivity index (χ0n) is 5.99. The molecule has 1 unspecified atom stereocenters. The van der Waals surface area contributed by atoms with Gasteiger partial charge in [0, 0.05) is 11.6 Å². The van der Waals surface area contributed by atoms with E-state index in [2.05, 4.69) is 26.4 Å². The summed E-state index contributed by atoms with van der Waals surface area (Å²) >= 11 is 0. The Morgan fingerprint density at radius 3 is 2.91 bits per heavy atom. The molecule has 0 aliphatic rings. The molecule has 0 aliphatic heterocycles. The smallest absolute Gasteiger partial charge is 0.0702 e. The Bertz CT molecular complexity index is 384. The van der Waals surface area contributed by atoms with Gasteiger partial charge in [-0.3, -0.25) is 4.98 Å². The maximum absolute atomic E-state index is 4.26. The summed E-state index contributed by atoms with van der Waals surface area (Å²) in [6.07, 6.45) is 1.85. The van der Waals surface area contributed by atoms with Crippen molar-refractivity contribution in [2.75, 3.05) is 0 Å². The molecule has 0 amide bonds. The number of aromatic nitrogens is 1. The molecular formula is C9H8NP. The molecule has 0 bridgehead atoms. The van der Waals surface area contributed by atoms with Crippen molar-refractivity contribution in [2.24, 2.45) is 0 Å². The number of nitrogens with zero attached hydrogens (tertiary/aromatic N) is 1. The van der Waals surface area contributed by atoms with Gasteiger partial charge in [-0.05, 0) is 17.4 Å². The van der Waals surface area contributed by atoms with E-state index in [1.165, 1.54) is 5.39 Å². The number of para-hydroxylation sites is 1. The van der Waals surface area contributed by atoms with Gasteiger partial charge in [-0.15, -0.1) is 9.24 Å². The second kappa shape index (κ2) is 2.60. The normalized spacial score (nSPS) is 10.3. The average Bonchev–Trinajstić information content (AvgIpc) is 2.04. The lowest BCUT2D eigenvalue weighted by Gasteiger charge is -1.95. The molecule has 1 atom stereocenters. The second-order valence-electron chi connectivity index (χ2n) is 2.46. The molecule has 2 rings (SSSR count). The van der Waals surface area contributed by atoms with E-state index in [4.69, 9.17) is 0 Å². The molecular weight excluding hydrogens is 153 g/mol. The zero-order chi connectivity index (χ0) is 7.68. The fraction of sp³-hybridized carbons (Fsp3) is 0. The summed E-state index contributed by atoms with van der Waals surface area (Å²) < 4.78 is 0. The van der Waals surface area contributed by atoms with E-state index in [0.29, 0.717) is 0 Å². The number of hydrogen-bond acceptors (Lipinski definition) is 1. The Hall–Kier alpha value is -0.940. The van der Waals surface area contributed by atoms with Gasteiger partial charge in [0.05, 0.1) is 5.52 Å². The van der Waals surface area contributed by atoms with Crippen LogP contribution in [0.3, 0.4) is 0 Å². The summed E-state index contributed by atoms with van der Waals surface area (Å²) in [4.78, 5) is 4.26. The third-order valence-corrected chi connectivity index (χ3v) is 1.93. The van der Waals surface area contributed by atoms with Gasteiger partial charge in [0.15, 0.2) is 0 Å². The van der Waals surface area contributed by atoms with Gasteiger partial charge >= 0.3 is 0 Å². The molecule has 0 N–H and O–H groups in total. The van der Waals surface area contributed by atoms with E-state index in [0.717, 1.165) is 10.8 Å². The van der Waals surface area contributed by atoms with Crippen LogP contribution in [-0.2, 0) is 0 Å². The van der Waals surface area contributed by atoms with Crippen LogP contribution in [0.25, 0.3) is 10.9 Å². The zero-order valence-corrected chi connectivity index (χ0v) is 7.14. The van der Waals surface area contributed by atoms with Crippen LogP contribution in [0.4, 0.5) is 0 Å². The van der Waals surface area contributed by atoms with Crippen molar-refractivity contribution in [1.82, 2.24) is 4.98 Å². The largest absolute Gasteiger partial charge is 0.256 e. The first kappa shape index (κ1) is 6.75. The molecule has 0 aliphatic carbocycles. The minimum absolute atomic E-state index is 1.05. The molecule has 1 aromatic heterocycles. The topological polar surface area (TPSA) is 12.9 Å². The number of benzene rings is 1. The molecule has 54 valence electrons. The summed E-state index contributed by atoms with van der Waals surface area (Å²) in [6, 6.07) is 10.2. The lowest BCUT2D eigenvalue weighted by molar-refractivity contribution is 1.44. The average molecular weight is 161 g/mol. The fourth-order valence-corrected chi connectivity index (χ4v) is 1.34. The van der Waals surface area contributed by atoms with Gasteiger partial charge in [0.2, 0.25) is 0 Å². The first-order chi connectivity index (χ1) is 5.36. The fourth-order valence-electron chi connectivity index (χ4n) is 1.09. The van der Waals surface area contributed by atoms with Gasteiger partial charge in [0.1, 0.15) is 0 Å². The second-order valence-corrected chi connectivity index (χ2v) is 3.13. The molecule has 0 saturated carbocycles. The van der Waals surface area contributed by atoms with Crippen molar-refractivity contribution in [2.45, 2.75) is 0 Å². The van der Waals surface area contributed by atoms with Crippen LogP contribution in [-0.4, -0.2) is 4.98 Å². The van der Waals surface area contributed by atoms with E-state index in [1.54, 1.807) is 0 Å². The summed E-state index contributed by atoms with van der Waals surface area (Å²) in [7, 11) is 2.64. The van der Waals surface area contributed by atoms with Gasteiger partial charge in [-0.1, -0.05) is 18.2 Å². The van der Waals surface area contributed by atoms with E-state index in [9.17, 15) is 0 Å². The minimum Gasteiger partial charge on any atom is -0.256 e. The molecule has 1 aromatic carbocycles. The molecule has 0 spiro atoms. The van der Waals surface area contributed by atoms with Crippen LogP contribution in [0, 0.1) is 0 Å². The van der Waals surface area contributed by atoms with E-state index in [1.807, 2.05) is 24.4 Å². The summed E-state index contributed by atoms with van der Waals surface area (Å²) in [5, 5.41) is 2.32. The van der Waals surface area contributed by atoms with Crippen molar-refractivity contribution in [1.29, 1.82) is 0 Å². The Morgan fingerprint density at radius 1 is 1.18 bits per heavy atom. The Morgan fingerprint density at radius 2 is 2.00 bits per heavy atom. The van der Waals surface area contributed by atoms with E-state index < -0.39 is 0 Å². The number of rotatable bonds is 0. The predicted molar refractivity (Wildman–Crippen MR) is 51.1 cm³/mol. The maximum atomic E-state index is 4.26. The predicted octanol–water partition coefficient (Wildman–Crippen LogP) is 1.74. The molecule has 2 heteroatoms. The quantitative estimate of drug-likeness (QED) is 0.536. The SMILES string of the molecule is Pc1cnc2ccccc2c1. The van der Waals surface area contributed by atoms with E-state index >= 15 is 0 Å². The summed E-state index contributed by atoms with van der Waals surface area (Å²) in [5.74, 6) is 0. The highest BCUT2D eigenvalue weighted by Gasteiger charge is 1.91. The Labute approximate surface area is 67.7 Å². The molecule has 11 heavy (non-hydrogen) atoms. The van der Waals surface area contributed by atoms with Gasteiger partial charge < -0.3 is 0 Å². The molecule has 1 nitrogen and oxygen atoms in total. The minimum atomic E-state index is 1.05. The third kappa shape index (κ3) is 1.24. The van der Waals surface area contributed by atoms with Crippen molar-refractivity contribution in [3.8, 4) is 0 Å². The first-order valence-electron chi connectivity index (χ1n) is 3.46. The van der Waals surface area contributed by atoms with Crippen LogP contribution in [0.15, 0.2) is 36.5 Å². The standard InChI is InChI=1S/C9H8NP/c11-8-5-7-3-1-2-4-9(7)10-6-8/h1-6H,11H2. The van der Waals surface area contributed by atoms with Gasteiger partial charge in [-0.2, -0.15) is 0 Å². The first-order valence-corrected chi connectivity index (χ1v) is 4.04. The van der Waals surface area contributed by atoms with Gasteiger partial charge in [-0.25, -0.2) is 0 Å². The Balaban J connectivity index is 2.83. The number of pyridine rings is 1. The summed E-state index contributed by atoms with van der Waals surface area (Å²) in [5.41, 5.74) is 1.05.